The van der Waals surface area contributed by atoms with Gasteiger partial charge in [0.2, 0.25) is 0 Å². The molecular formula is C9H15BF3-. The number of hydrogen-bond acceptors (Lipinski definition) is 0. The molecule has 0 radical (unpaired) electrons. The molecule has 1 aliphatic carbocycles. The monoisotopic (exact) mass is 191 g/mol. The van der Waals surface area contributed by atoms with Crippen molar-refractivity contribution < 1.29 is 12.9 Å². The van der Waals surface area contributed by atoms with Crippen molar-refractivity contribution in [3.63, 3.8) is 0 Å². The van der Waals surface area contributed by atoms with Gasteiger partial charge in [-0.15, -0.1) is 6.08 Å². The van der Waals surface area contributed by atoms with Gasteiger partial charge >= 0.3 is 6.98 Å². The molecule has 0 saturated heterocycles. The molecule has 13 heavy (non-hydrogen) atoms. The van der Waals surface area contributed by atoms with Crippen LogP contribution in [0.1, 0.15) is 32.1 Å². The highest BCUT2D eigenvalue weighted by Crippen LogP contribution is 2.25. The van der Waals surface area contributed by atoms with Crippen LogP contribution in [0.2, 0.25) is 6.32 Å². The second-order valence-corrected chi connectivity index (χ2v) is 3.77. The molecule has 0 N–H and O–H groups in total. The van der Waals surface area contributed by atoms with Crippen molar-refractivity contribution in [2.24, 2.45) is 5.92 Å². The lowest BCUT2D eigenvalue weighted by Crippen LogP contribution is -2.12. The Balaban J connectivity index is 2.22. The third-order valence-electron chi connectivity index (χ3n) is 2.46. The molecule has 0 aliphatic heterocycles. The van der Waals surface area contributed by atoms with Gasteiger partial charge in [0.05, 0.1) is 0 Å². The molecule has 1 saturated carbocycles. The van der Waals surface area contributed by atoms with E-state index in [2.05, 4.69) is 0 Å². The van der Waals surface area contributed by atoms with E-state index < -0.39 is 13.3 Å². The minimum absolute atomic E-state index is 0.409. The van der Waals surface area contributed by atoms with Crippen molar-refractivity contribution in [3.8, 4) is 0 Å². The summed E-state index contributed by atoms with van der Waals surface area (Å²) in [6.45, 7) is -4.62. The fraction of sp³-hybridized carbons (Fsp3) is 0.778. The van der Waals surface area contributed by atoms with E-state index in [-0.39, 0.29) is 0 Å². The highest BCUT2D eigenvalue weighted by atomic mass is 19.4. The average Bonchev–Trinajstić information content (AvgIpc) is 2.04. The quantitative estimate of drug-likeness (QED) is 0.467. The van der Waals surface area contributed by atoms with E-state index in [1.807, 2.05) is 0 Å². The van der Waals surface area contributed by atoms with Crippen LogP contribution in [0.15, 0.2) is 12.2 Å². The third-order valence-corrected chi connectivity index (χ3v) is 2.46. The highest BCUT2D eigenvalue weighted by molar-refractivity contribution is 6.58. The Bertz CT molecular complexity index is 168. The molecule has 0 aromatic rings. The average molecular weight is 191 g/mol. The third kappa shape index (κ3) is 5.01. The maximum absolute atomic E-state index is 11.8. The Labute approximate surface area is 77.3 Å². The van der Waals surface area contributed by atoms with E-state index in [1.165, 1.54) is 25.3 Å². The Hall–Kier alpha value is -0.405. The van der Waals surface area contributed by atoms with Crippen LogP contribution in [-0.2, 0) is 0 Å². The zero-order chi connectivity index (χ0) is 9.73. The predicted octanol–water partition coefficient (Wildman–Crippen LogP) is 3.97. The smallest absolute Gasteiger partial charge is 0.449 e. The molecule has 0 heterocycles. The number of hydrogen-bond donors (Lipinski definition) is 0. The van der Waals surface area contributed by atoms with E-state index in [4.69, 9.17) is 0 Å². The molecule has 4 heteroatoms. The summed E-state index contributed by atoms with van der Waals surface area (Å²) < 4.78 is 35.5. The van der Waals surface area contributed by atoms with Crippen LogP contribution in [0.3, 0.4) is 0 Å². The normalized spacial score (nSPS) is 21.2. The summed E-state index contributed by atoms with van der Waals surface area (Å²) in [5.74, 6) is 0.409. The van der Waals surface area contributed by atoms with Gasteiger partial charge in [0.1, 0.15) is 0 Å². The molecule has 0 nitrogen and oxygen atoms in total. The number of halogens is 3. The standard InChI is InChI=1S/C9H15BF3/c11-10(12,13)8-4-7-9-5-2-1-3-6-9/h4,7,9H,1-3,5-6,8H2/q-1/b7-4+. The van der Waals surface area contributed by atoms with E-state index in [1.54, 1.807) is 6.08 Å². The first-order chi connectivity index (χ1) is 6.08. The lowest BCUT2D eigenvalue weighted by molar-refractivity contribution is 0.418. The number of rotatable bonds is 3. The molecule has 0 amide bonds. The molecule has 0 aromatic carbocycles. The van der Waals surface area contributed by atoms with Gasteiger partial charge in [-0.2, -0.15) is 0 Å². The molecule has 0 aromatic heterocycles. The van der Waals surface area contributed by atoms with Crippen molar-refractivity contribution in [2.75, 3.05) is 0 Å². The summed E-state index contributed by atoms with van der Waals surface area (Å²) in [6.07, 6.45) is 8.08. The summed E-state index contributed by atoms with van der Waals surface area (Å²) >= 11 is 0. The van der Waals surface area contributed by atoms with Crippen LogP contribution in [0.4, 0.5) is 12.9 Å². The zero-order valence-electron chi connectivity index (χ0n) is 7.69. The van der Waals surface area contributed by atoms with Gasteiger partial charge in [-0.25, -0.2) is 0 Å². The van der Waals surface area contributed by atoms with Gasteiger partial charge in [0.15, 0.2) is 0 Å². The summed E-state index contributed by atoms with van der Waals surface area (Å²) in [7, 11) is 0. The summed E-state index contributed by atoms with van der Waals surface area (Å²) in [5, 5.41) is 0. The van der Waals surface area contributed by atoms with Crippen molar-refractivity contribution in [1.29, 1.82) is 0 Å². The summed E-state index contributed by atoms with van der Waals surface area (Å²) in [6, 6.07) is 0. The Kier molecular flexibility index (Phi) is 3.88. The van der Waals surface area contributed by atoms with E-state index in [9.17, 15) is 12.9 Å². The van der Waals surface area contributed by atoms with Gasteiger partial charge < -0.3 is 12.9 Å². The Morgan fingerprint density at radius 1 is 1.08 bits per heavy atom. The maximum atomic E-state index is 11.8. The molecule has 1 fully saturated rings. The first-order valence-corrected chi connectivity index (χ1v) is 4.95. The molecule has 0 spiro atoms. The summed E-state index contributed by atoms with van der Waals surface area (Å²) in [5.41, 5.74) is 0. The Morgan fingerprint density at radius 3 is 2.23 bits per heavy atom. The zero-order valence-corrected chi connectivity index (χ0v) is 7.69. The maximum Gasteiger partial charge on any atom is 0.482 e. The molecule has 1 aliphatic rings. The van der Waals surface area contributed by atoms with Gasteiger partial charge in [0.25, 0.3) is 0 Å². The van der Waals surface area contributed by atoms with E-state index in [0.717, 1.165) is 12.8 Å². The lowest BCUT2D eigenvalue weighted by Gasteiger charge is -2.18. The van der Waals surface area contributed by atoms with Crippen LogP contribution in [-0.4, -0.2) is 6.98 Å². The fourth-order valence-corrected chi connectivity index (χ4v) is 1.75. The topological polar surface area (TPSA) is 0 Å². The molecule has 0 unspecified atom stereocenters. The van der Waals surface area contributed by atoms with Crippen LogP contribution >= 0.6 is 0 Å². The lowest BCUT2D eigenvalue weighted by atomic mass is 9.83. The minimum Gasteiger partial charge on any atom is -0.449 e. The molecule has 1 rings (SSSR count). The molecule has 76 valence electrons. The largest absolute Gasteiger partial charge is 0.482 e. The van der Waals surface area contributed by atoms with Crippen LogP contribution < -0.4 is 0 Å². The fourth-order valence-electron chi connectivity index (χ4n) is 1.75. The second-order valence-electron chi connectivity index (χ2n) is 3.77. The molecule has 0 bridgehead atoms. The van der Waals surface area contributed by atoms with Crippen molar-refractivity contribution in [2.45, 2.75) is 38.4 Å². The van der Waals surface area contributed by atoms with E-state index >= 15 is 0 Å². The van der Waals surface area contributed by atoms with Crippen molar-refractivity contribution in [1.82, 2.24) is 0 Å². The second kappa shape index (κ2) is 4.73. The highest BCUT2D eigenvalue weighted by Gasteiger charge is 2.20. The van der Waals surface area contributed by atoms with Gasteiger partial charge in [-0.3, -0.25) is 0 Å². The SMILES string of the molecule is F[B-](F)(F)C/C=C/C1CCCCC1. The first kappa shape index (κ1) is 10.7. The minimum atomic E-state index is -4.62. The molecular weight excluding hydrogens is 176 g/mol. The van der Waals surface area contributed by atoms with Gasteiger partial charge in [0, 0.05) is 0 Å². The van der Waals surface area contributed by atoms with Gasteiger partial charge in [-0.05, 0) is 18.8 Å². The van der Waals surface area contributed by atoms with Crippen LogP contribution in [0.25, 0.3) is 0 Å². The summed E-state index contributed by atoms with van der Waals surface area (Å²) in [4.78, 5) is 0. The van der Waals surface area contributed by atoms with Crippen LogP contribution in [0, 0.1) is 5.92 Å². The van der Waals surface area contributed by atoms with E-state index in [0.29, 0.717) is 5.92 Å². The molecule has 0 atom stereocenters. The van der Waals surface area contributed by atoms with Gasteiger partial charge in [-0.1, -0.05) is 31.7 Å². The first-order valence-electron chi connectivity index (χ1n) is 4.95. The number of allylic oxidation sites excluding steroid dienone is 2. The van der Waals surface area contributed by atoms with Crippen LogP contribution in [0.5, 0.6) is 0 Å². The van der Waals surface area contributed by atoms with Crippen molar-refractivity contribution in [3.05, 3.63) is 12.2 Å². The predicted molar refractivity (Wildman–Crippen MR) is 49.6 cm³/mol. The van der Waals surface area contributed by atoms with Crippen molar-refractivity contribution >= 4 is 6.98 Å². The Morgan fingerprint density at radius 2 is 1.69 bits per heavy atom.